The molecule has 0 N–H and O–H groups in total. The second-order valence-electron chi connectivity index (χ2n) is 15.3. The predicted octanol–water partition coefficient (Wildman–Crippen LogP) is 11.1. The Labute approximate surface area is 333 Å². The van der Waals surface area contributed by atoms with E-state index >= 15 is 0 Å². The number of fused-ring (bicyclic) bond motifs is 4. The van der Waals surface area contributed by atoms with Crippen LogP contribution in [0.5, 0.6) is 0 Å². The van der Waals surface area contributed by atoms with Gasteiger partial charge in [-0.25, -0.2) is 15.0 Å². The highest BCUT2D eigenvalue weighted by Crippen LogP contribution is 2.52. The maximum atomic E-state index is 5.40. The van der Waals surface area contributed by atoms with Crippen molar-refractivity contribution in [2.75, 3.05) is 0 Å². The van der Waals surface area contributed by atoms with Crippen molar-refractivity contribution in [2.24, 2.45) is 4.99 Å². The summed E-state index contributed by atoms with van der Waals surface area (Å²) in [4.78, 5) is 20.4. The topological polar surface area (TPSA) is 51.0 Å². The van der Waals surface area contributed by atoms with Gasteiger partial charge in [-0.2, -0.15) is 0 Å². The first-order chi connectivity index (χ1) is 28.0. The van der Waals surface area contributed by atoms with Crippen molar-refractivity contribution in [3.63, 3.8) is 0 Å². The summed E-state index contributed by atoms with van der Waals surface area (Å²) in [6.07, 6.45) is 4.18. The number of benzene rings is 7. The number of aromatic nitrogens is 3. The van der Waals surface area contributed by atoms with E-state index in [-0.39, 0.29) is 5.41 Å². The third-order valence-electron chi connectivity index (χ3n) is 11.4. The number of hydrogen-bond donors (Lipinski definition) is 0. The summed E-state index contributed by atoms with van der Waals surface area (Å²) in [5, 5.41) is 2.36. The van der Waals surface area contributed by atoms with E-state index in [1.165, 1.54) is 44.2 Å². The molecule has 0 saturated carbocycles. The lowest BCUT2D eigenvalue weighted by atomic mass is 9.81. The molecule has 0 radical (unpaired) electrons. The summed E-state index contributed by atoms with van der Waals surface area (Å²) in [5.41, 5.74) is 14.6. The van der Waals surface area contributed by atoms with Crippen molar-refractivity contribution in [3.05, 3.63) is 209 Å². The van der Waals surface area contributed by atoms with Crippen molar-refractivity contribution >= 4 is 17.5 Å². The summed E-state index contributed by atoms with van der Waals surface area (Å²) < 4.78 is 0. The van der Waals surface area contributed by atoms with Crippen LogP contribution in [-0.4, -0.2) is 20.7 Å². The molecule has 0 spiro atoms. The number of rotatable bonds is 6. The van der Waals surface area contributed by atoms with Crippen molar-refractivity contribution in [2.45, 2.75) is 32.1 Å². The van der Waals surface area contributed by atoms with Crippen molar-refractivity contribution in [1.82, 2.24) is 15.0 Å². The molecule has 1 aliphatic carbocycles. The van der Waals surface area contributed by atoms with Gasteiger partial charge in [0, 0.05) is 38.6 Å². The highest BCUT2D eigenvalue weighted by Gasteiger charge is 2.37. The Balaban J connectivity index is 1.11. The molecule has 2 heterocycles. The van der Waals surface area contributed by atoms with Crippen LogP contribution in [0.1, 0.15) is 48.9 Å². The van der Waals surface area contributed by atoms with E-state index in [1.807, 2.05) is 36.4 Å². The van der Waals surface area contributed by atoms with Crippen LogP contribution < -0.4 is 10.4 Å². The van der Waals surface area contributed by atoms with Crippen LogP contribution in [-0.2, 0) is 5.41 Å². The van der Waals surface area contributed by atoms with Gasteiger partial charge in [-0.05, 0) is 69.1 Å². The maximum absolute atomic E-state index is 5.40. The van der Waals surface area contributed by atoms with Crippen LogP contribution in [0.15, 0.2) is 181 Å². The highest BCUT2D eigenvalue weighted by molar-refractivity contribution is 6.04. The van der Waals surface area contributed by atoms with Crippen molar-refractivity contribution < 1.29 is 0 Å². The van der Waals surface area contributed by atoms with E-state index in [0.29, 0.717) is 17.5 Å². The molecule has 2 aliphatic rings. The average Bonchev–Trinajstić information content (AvgIpc) is 3.50. The normalized spacial score (nSPS) is 15.5. The van der Waals surface area contributed by atoms with Gasteiger partial charge in [0.1, 0.15) is 0 Å². The molecule has 7 aromatic carbocycles. The summed E-state index contributed by atoms with van der Waals surface area (Å²) in [6.45, 7) is 4.67. The molecule has 1 aromatic heterocycles. The van der Waals surface area contributed by atoms with Gasteiger partial charge in [0.15, 0.2) is 17.5 Å². The average molecular weight is 733 g/mol. The number of nitrogens with zero attached hydrogens (tertiary/aromatic N) is 4. The SMILES string of the molecule is CC1(C)c2cc(-c3nc(-c4ccccc4)nc(-c4ccccc4)n3)ccc2-c2c(-c3ccc4/c(c3)=C\CCC(c3ccccc3)=N\C=4c3ccccc3)cccc21. The van der Waals surface area contributed by atoms with Gasteiger partial charge < -0.3 is 0 Å². The summed E-state index contributed by atoms with van der Waals surface area (Å²) in [6, 6.07) is 62.0. The predicted molar refractivity (Wildman–Crippen MR) is 234 cm³/mol. The third-order valence-corrected chi connectivity index (χ3v) is 11.4. The first kappa shape index (κ1) is 34.5. The van der Waals surface area contributed by atoms with E-state index in [1.54, 1.807) is 0 Å². The Hall–Kier alpha value is -7.04. The van der Waals surface area contributed by atoms with Crippen LogP contribution in [0.25, 0.3) is 68.2 Å². The fourth-order valence-corrected chi connectivity index (χ4v) is 8.49. The Kier molecular flexibility index (Phi) is 8.60. The molecule has 0 saturated heterocycles. The highest BCUT2D eigenvalue weighted by atomic mass is 15.0. The van der Waals surface area contributed by atoms with E-state index in [4.69, 9.17) is 19.9 Å². The van der Waals surface area contributed by atoms with Crippen LogP contribution in [0.3, 0.4) is 0 Å². The summed E-state index contributed by atoms with van der Waals surface area (Å²) >= 11 is 0. The minimum atomic E-state index is -0.235. The zero-order chi connectivity index (χ0) is 38.3. The molecule has 8 aromatic rings. The third kappa shape index (κ3) is 6.30. The lowest BCUT2D eigenvalue weighted by molar-refractivity contribution is 0.660. The van der Waals surface area contributed by atoms with Crippen LogP contribution in [0.2, 0.25) is 0 Å². The largest absolute Gasteiger partial charge is 0.252 e. The minimum Gasteiger partial charge on any atom is -0.252 e. The fraction of sp³-hybridized carbons (Fsp3) is 0.0943. The molecular weight excluding hydrogens is 693 g/mol. The van der Waals surface area contributed by atoms with Gasteiger partial charge in [0.25, 0.3) is 0 Å². The van der Waals surface area contributed by atoms with E-state index in [9.17, 15) is 0 Å². The van der Waals surface area contributed by atoms with Gasteiger partial charge >= 0.3 is 0 Å². The molecular formula is C53H40N4. The monoisotopic (exact) mass is 732 g/mol. The molecule has 0 fully saturated rings. The second kappa shape index (κ2) is 14.2. The first-order valence-electron chi connectivity index (χ1n) is 19.7. The fourth-order valence-electron chi connectivity index (χ4n) is 8.49. The van der Waals surface area contributed by atoms with Gasteiger partial charge in [-0.3, -0.25) is 4.99 Å². The van der Waals surface area contributed by atoms with Crippen molar-refractivity contribution in [3.8, 4) is 56.4 Å². The van der Waals surface area contributed by atoms with E-state index < -0.39 is 0 Å². The molecule has 10 rings (SSSR count). The number of aliphatic imine (C=N–C) groups is 1. The molecule has 0 unspecified atom stereocenters. The second-order valence-corrected chi connectivity index (χ2v) is 15.3. The van der Waals surface area contributed by atoms with Gasteiger partial charge in [-0.1, -0.05) is 184 Å². The Morgan fingerprint density at radius 2 is 1.00 bits per heavy atom. The van der Waals surface area contributed by atoms with Gasteiger partial charge in [0.2, 0.25) is 0 Å². The molecule has 0 atom stereocenters. The summed E-state index contributed by atoms with van der Waals surface area (Å²) in [7, 11) is 0. The zero-order valence-electron chi connectivity index (χ0n) is 32.0. The maximum Gasteiger partial charge on any atom is 0.164 e. The Morgan fingerprint density at radius 1 is 0.439 bits per heavy atom. The van der Waals surface area contributed by atoms with Crippen molar-refractivity contribution in [1.29, 1.82) is 0 Å². The molecule has 1 aliphatic heterocycles. The Morgan fingerprint density at radius 3 is 1.63 bits per heavy atom. The quantitative estimate of drug-likeness (QED) is 0.171. The molecule has 272 valence electrons. The Bertz CT molecular complexity index is 2890. The molecule has 57 heavy (non-hydrogen) atoms. The molecule has 0 amide bonds. The van der Waals surface area contributed by atoms with E-state index in [0.717, 1.165) is 51.7 Å². The van der Waals surface area contributed by atoms with Gasteiger partial charge in [0.05, 0.1) is 5.70 Å². The molecule has 4 heteroatoms. The smallest absolute Gasteiger partial charge is 0.164 e. The first-order valence-corrected chi connectivity index (χ1v) is 19.7. The standard InChI is InChI=1S/C53H40N4/c1-53(2)45-27-16-26-42(40-29-31-43-39(33-40)25-15-28-47(35-17-7-3-8-18-35)54-49(43)36-19-9-4-10-20-36)48(45)44-32-30-41(34-46(44)53)52-56-50(37-21-11-5-12-22-37)55-51(57-52)38-23-13-6-14-24-38/h3-14,16-27,29-34H,15,28H2,1-2H3/b39-25-,49-43-,54-47?. The minimum absolute atomic E-state index is 0.235. The van der Waals surface area contributed by atoms with Crippen LogP contribution in [0.4, 0.5) is 0 Å². The molecule has 0 bridgehead atoms. The number of hydrogen-bond acceptors (Lipinski definition) is 4. The van der Waals surface area contributed by atoms with Crippen LogP contribution >= 0.6 is 0 Å². The lowest BCUT2D eigenvalue weighted by Crippen LogP contribution is -2.28. The van der Waals surface area contributed by atoms with Crippen LogP contribution in [0, 0.1) is 0 Å². The van der Waals surface area contributed by atoms with Gasteiger partial charge in [-0.15, -0.1) is 0 Å². The molecule has 4 nitrogen and oxygen atoms in total. The summed E-state index contributed by atoms with van der Waals surface area (Å²) in [5.74, 6) is 1.99. The zero-order valence-corrected chi connectivity index (χ0v) is 32.0. The van der Waals surface area contributed by atoms with E-state index in [2.05, 4.69) is 159 Å². The lowest BCUT2D eigenvalue weighted by Gasteiger charge is -2.22.